The largest absolute Gasteiger partial charge is 0.326 e. The number of anilines is 2. The molecule has 0 radical (unpaired) electrons. The number of nitrogens with one attached hydrogen (secondary N) is 1. The molecule has 5 heterocycles. The first-order chi connectivity index (χ1) is 17.7. The second-order valence-electron chi connectivity index (χ2n) is 10.9. The van der Waals surface area contributed by atoms with Gasteiger partial charge < -0.3 is 14.8 Å². The van der Waals surface area contributed by atoms with E-state index in [1.165, 1.54) is 19.2 Å². The van der Waals surface area contributed by atoms with Gasteiger partial charge in [-0.3, -0.25) is 4.90 Å². The van der Waals surface area contributed by atoms with Crippen molar-refractivity contribution < 1.29 is 8.78 Å². The lowest BCUT2D eigenvalue weighted by Crippen LogP contribution is -2.70. The zero-order chi connectivity index (χ0) is 25.9. The van der Waals surface area contributed by atoms with E-state index in [1.54, 1.807) is 24.5 Å². The van der Waals surface area contributed by atoms with Crippen LogP contribution in [0, 0.1) is 24.0 Å². The number of nitrogens with zero attached hydrogens (tertiary/aromatic N) is 7. The average molecular weight is 505 g/mol. The number of hydrogen-bond acceptors (Lipinski definition) is 7. The van der Waals surface area contributed by atoms with Crippen LogP contribution in [0.5, 0.6) is 0 Å². The maximum absolute atomic E-state index is 15.0. The third kappa shape index (κ3) is 4.34. The Bertz CT molecular complexity index is 1470. The molecule has 1 spiro atoms. The van der Waals surface area contributed by atoms with Gasteiger partial charge in [-0.05, 0) is 51.6 Å². The number of hydrogen-bond donors (Lipinski definition) is 1. The molecule has 0 atom stereocenters. The van der Waals surface area contributed by atoms with Crippen molar-refractivity contribution in [3.63, 3.8) is 0 Å². The summed E-state index contributed by atoms with van der Waals surface area (Å²) in [4.78, 5) is 22.1. The van der Waals surface area contributed by atoms with Crippen molar-refractivity contribution in [2.24, 2.45) is 5.41 Å². The Hall–Kier alpha value is -3.50. The van der Waals surface area contributed by atoms with Crippen LogP contribution in [0.2, 0.25) is 0 Å². The van der Waals surface area contributed by atoms with Crippen molar-refractivity contribution >= 4 is 22.8 Å². The zero-order valence-corrected chi connectivity index (χ0v) is 21.5. The molecule has 2 aliphatic heterocycles. The van der Waals surface area contributed by atoms with Crippen LogP contribution in [0.25, 0.3) is 22.2 Å². The van der Waals surface area contributed by atoms with Gasteiger partial charge in [0.25, 0.3) is 0 Å². The summed E-state index contributed by atoms with van der Waals surface area (Å²) in [6.07, 6.45) is 4.73. The first-order valence-corrected chi connectivity index (χ1v) is 12.5. The number of halogens is 2. The maximum atomic E-state index is 15.0. The number of benzene rings is 1. The van der Waals surface area contributed by atoms with Crippen molar-refractivity contribution in [3.05, 3.63) is 59.8 Å². The highest BCUT2D eigenvalue weighted by Gasteiger charge is 2.49. The van der Waals surface area contributed by atoms with Gasteiger partial charge in [0.15, 0.2) is 5.82 Å². The highest BCUT2D eigenvalue weighted by atomic mass is 19.1. The quantitative estimate of drug-likeness (QED) is 0.413. The molecule has 192 valence electrons. The van der Waals surface area contributed by atoms with E-state index in [4.69, 9.17) is 0 Å². The van der Waals surface area contributed by atoms with Crippen LogP contribution in [-0.4, -0.2) is 67.5 Å². The molecule has 2 aliphatic rings. The van der Waals surface area contributed by atoms with E-state index in [-0.39, 0.29) is 17.1 Å². The molecule has 0 aliphatic carbocycles. The molecule has 0 saturated carbocycles. The van der Waals surface area contributed by atoms with Crippen LogP contribution < -0.4 is 5.32 Å². The van der Waals surface area contributed by atoms with Gasteiger partial charge in [-0.25, -0.2) is 28.7 Å². The van der Waals surface area contributed by atoms with Crippen molar-refractivity contribution in [3.8, 4) is 11.1 Å². The van der Waals surface area contributed by atoms with Gasteiger partial charge in [0.1, 0.15) is 23.0 Å². The molecule has 8 nitrogen and oxygen atoms in total. The Morgan fingerprint density at radius 3 is 2.38 bits per heavy atom. The third-order valence-electron chi connectivity index (χ3n) is 7.29. The van der Waals surface area contributed by atoms with E-state index < -0.39 is 11.6 Å². The van der Waals surface area contributed by atoms with Crippen LogP contribution in [0.1, 0.15) is 31.3 Å². The molecule has 3 aromatic heterocycles. The number of fused-ring (bicyclic) bond motifs is 1. The van der Waals surface area contributed by atoms with Crippen LogP contribution in [0.15, 0.2) is 36.8 Å². The summed E-state index contributed by atoms with van der Waals surface area (Å²) in [7, 11) is 2.16. The zero-order valence-electron chi connectivity index (χ0n) is 21.5. The summed E-state index contributed by atoms with van der Waals surface area (Å²) in [6.45, 7) is 11.3. The molecule has 10 heteroatoms. The topological polar surface area (TPSA) is 75.0 Å². The highest BCUT2D eigenvalue weighted by Crippen LogP contribution is 2.39. The number of imidazole rings is 1. The summed E-state index contributed by atoms with van der Waals surface area (Å²) in [5.41, 5.74) is 3.09. The Morgan fingerprint density at radius 2 is 1.70 bits per heavy atom. The number of aromatic nitrogens is 5. The molecule has 1 aromatic carbocycles. The minimum Gasteiger partial charge on any atom is -0.326 e. The fourth-order valence-electron chi connectivity index (χ4n) is 5.99. The van der Waals surface area contributed by atoms with Crippen LogP contribution in [-0.2, 0) is 6.54 Å². The minimum absolute atomic E-state index is 0.0846. The molecule has 1 N–H and O–H groups in total. The third-order valence-corrected chi connectivity index (χ3v) is 7.29. The van der Waals surface area contributed by atoms with Gasteiger partial charge in [-0.2, -0.15) is 0 Å². The van der Waals surface area contributed by atoms with Crippen molar-refractivity contribution in [1.82, 2.24) is 34.3 Å². The summed E-state index contributed by atoms with van der Waals surface area (Å²) in [6, 6.07) is 4.72. The van der Waals surface area contributed by atoms with Crippen molar-refractivity contribution in [1.29, 1.82) is 0 Å². The maximum Gasteiger partial charge on any atom is 0.228 e. The first-order valence-electron chi connectivity index (χ1n) is 12.5. The van der Waals surface area contributed by atoms with Gasteiger partial charge in [-0.15, -0.1) is 0 Å². The number of pyridine rings is 1. The summed E-state index contributed by atoms with van der Waals surface area (Å²) in [5, 5.41) is 3.04. The molecule has 0 amide bonds. The molecule has 2 saturated heterocycles. The van der Waals surface area contributed by atoms with Crippen LogP contribution >= 0.6 is 0 Å². The van der Waals surface area contributed by atoms with E-state index in [1.807, 2.05) is 25.3 Å². The molecule has 0 unspecified atom stereocenters. The molecule has 4 aromatic rings. The second-order valence-corrected chi connectivity index (χ2v) is 10.9. The minimum atomic E-state index is -0.544. The lowest BCUT2D eigenvalue weighted by molar-refractivity contribution is -0.108. The Morgan fingerprint density at radius 1 is 0.973 bits per heavy atom. The average Bonchev–Trinajstić information content (AvgIpc) is 3.16. The predicted molar refractivity (Wildman–Crippen MR) is 139 cm³/mol. The standard InChI is InChI=1S/C27H30F2N8/c1-16(2)37-17(3)33-25-21(28)5-19(6-23(25)37)20-7-24(30-10-22(20)29)34-26-31-8-18(9-32-26)11-36-14-27(15-36)12-35(4)13-27/h5-10,16H,11-15H2,1-4H3,(H,30,31,32,34). The van der Waals surface area contributed by atoms with Crippen LogP contribution in [0.4, 0.5) is 20.5 Å². The number of likely N-dealkylation sites (tertiary alicyclic amines) is 2. The summed E-state index contributed by atoms with van der Waals surface area (Å²) < 4.78 is 31.7. The van der Waals surface area contributed by atoms with Crippen molar-refractivity contribution in [2.75, 3.05) is 38.5 Å². The second kappa shape index (κ2) is 8.81. The van der Waals surface area contributed by atoms with Crippen LogP contribution in [0.3, 0.4) is 0 Å². The number of rotatable bonds is 6. The molecule has 37 heavy (non-hydrogen) atoms. The Kier molecular flexibility index (Phi) is 5.68. The predicted octanol–water partition coefficient (Wildman–Crippen LogP) is 4.55. The van der Waals surface area contributed by atoms with Gasteiger partial charge in [0, 0.05) is 67.7 Å². The van der Waals surface area contributed by atoms with Gasteiger partial charge >= 0.3 is 0 Å². The smallest absolute Gasteiger partial charge is 0.228 e. The summed E-state index contributed by atoms with van der Waals surface area (Å²) in [5.74, 6) is 0.417. The Balaban J connectivity index is 1.20. The van der Waals surface area contributed by atoms with E-state index in [9.17, 15) is 8.78 Å². The molecular weight excluding hydrogens is 474 g/mol. The van der Waals surface area contributed by atoms with Gasteiger partial charge in [0.2, 0.25) is 5.95 Å². The van der Waals surface area contributed by atoms with E-state index in [2.05, 4.69) is 42.1 Å². The monoisotopic (exact) mass is 504 g/mol. The van der Waals surface area contributed by atoms with Gasteiger partial charge in [0.05, 0.1) is 11.7 Å². The fraction of sp³-hybridized carbons (Fsp3) is 0.407. The van der Waals surface area contributed by atoms with E-state index in [0.717, 1.165) is 31.4 Å². The van der Waals surface area contributed by atoms with Crippen molar-refractivity contribution in [2.45, 2.75) is 33.4 Å². The van der Waals surface area contributed by atoms with E-state index >= 15 is 0 Å². The lowest BCUT2D eigenvalue weighted by Gasteiger charge is -2.59. The fourth-order valence-corrected chi connectivity index (χ4v) is 5.99. The Labute approximate surface area is 214 Å². The molecule has 0 bridgehead atoms. The van der Waals surface area contributed by atoms with E-state index in [0.29, 0.717) is 34.1 Å². The SMILES string of the molecule is Cc1nc2c(F)cc(-c3cc(Nc4ncc(CN5CC6(CN(C)C6)C5)cn4)ncc3F)cc2n1C(C)C. The molecular formula is C27H30F2N8. The first kappa shape index (κ1) is 23.9. The summed E-state index contributed by atoms with van der Waals surface area (Å²) >= 11 is 0. The highest BCUT2D eigenvalue weighted by molar-refractivity contribution is 5.84. The normalized spacial score (nSPS) is 17.4. The molecule has 2 fully saturated rings. The van der Waals surface area contributed by atoms with Gasteiger partial charge in [-0.1, -0.05) is 0 Å². The number of aryl methyl sites for hydroxylation is 1. The lowest BCUT2D eigenvalue weighted by atomic mass is 9.73. The molecule has 6 rings (SSSR count).